The number of carboxylic acids is 2. The van der Waals surface area contributed by atoms with Gasteiger partial charge in [-0.3, -0.25) is 28.8 Å². The fourth-order valence-corrected chi connectivity index (χ4v) is 8.91. The standard InChI is InChI=1S/C35H29F3N4O6.C31H31F3N2O7/c1-21-3-7-23(8-4-21)32-40-33(48-41-32)24-9-5-22(6-10-24)19-42(20-31(44)45)34(46)25-11-14-27(15-12-25)39-30(43)17-26-13-16-28(47-2)18-29(26)35(36,37)38;1-30(2,3)43-27(38)18-36(17-19-5-7-21(8-6-19)29(40)41)28(39)20-9-12-23(13-10-20)35-26(37)15-22-11-14-24(42-4)16-25(22)31(32,33)34/h3-16,18H,17,19-20H2,1-2H3,(H,39,43)(H,44,45);5-14,16H,15,17-18H2,1-4H3,(H,35,37)(H,40,41). The van der Waals surface area contributed by atoms with Gasteiger partial charge in [0.2, 0.25) is 17.6 Å². The SMILES string of the molecule is COc1ccc(CC(=O)Nc2ccc(C(=O)N(CC(=O)O)Cc3ccc(-c4nc(-c5ccc(C)cc5)no4)cc3)cc2)c(C(F)(F)F)c1.COc1ccc(CC(=O)Nc2ccc(C(=O)N(CC(=O)OC(C)(C)C)Cc3ccc(C(=O)O)cc3)cc2)c(C(F)(F)F)c1. The summed E-state index contributed by atoms with van der Waals surface area (Å²) in [5.74, 6) is -4.74. The number of anilines is 2. The summed E-state index contributed by atoms with van der Waals surface area (Å²) in [6, 6.07) is 38.3. The van der Waals surface area contributed by atoms with Gasteiger partial charge in [0.15, 0.2) is 0 Å². The first-order valence-electron chi connectivity index (χ1n) is 27.6. The number of ether oxygens (including phenoxy) is 3. The number of esters is 1. The quantitative estimate of drug-likeness (QED) is 0.0385. The van der Waals surface area contributed by atoms with Crippen LogP contribution in [-0.2, 0) is 62.2 Å². The number of aromatic carboxylic acids is 1. The van der Waals surface area contributed by atoms with Crippen molar-refractivity contribution >= 4 is 52.9 Å². The summed E-state index contributed by atoms with van der Waals surface area (Å²) in [5, 5.41) is 27.7. The zero-order valence-electron chi connectivity index (χ0n) is 49.7. The van der Waals surface area contributed by atoms with E-state index >= 15 is 0 Å². The Bertz CT molecular complexity index is 3910. The third-order valence-electron chi connectivity index (χ3n) is 13.3. The second-order valence-corrected chi connectivity index (χ2v) is 21.4. The van der Waals surface area contributed by atoms with Gasteiger partial charge in [-0.05, 0) is 147 Å². The van der Waals surface area contributed by atoms with Crippen molar-refractivity contribution in [1.82, 2.24) is 19.9 Å². The van der Waals surface area contributed by atoms with Crippen molar-refractivity contribution in [1.29, 1.82) is 0 Å². The van der Waals surface area contributed by atoms with Gasteiger partial charge >= 0.3 is 30.3 Å². The first kappa shape index (κ1) is 67.7. The van der Waals surface area contributed by atoms with Gasteiger partial charge in [-0.15, -0.1) is 0 Å². The maximum atomic E-state index is 13.5. The molecular weight excluding hydrogens is 1200 g/mol. The largest absolute Gasteiger partial charge is 0.497 e. The zero-order chi connectivity index (χ0) is 66.4. The van der Waals surface area contributed by atoms with Gasteiger partial charge in [0.25, 0.3) is 17.7 Å². The number of alkyl halides is 6. The molecule has 4 amide bonds. The lowest BCUT2D eigenvalue weighted by Crippen LogP contribution is -2.38. The number of carbonyl (C=O) groups is 7. The number of carbonyl (C=O) groups excluding carboxylic acids is 5. The highest BCUT2D eigenvalue weighted by atomic mass is 19.4. The Kier molecular flexibility index (Phi) is 21.9. The smallest absolute Gasteiger partial charge is 0.416 e. The zero-order valence-corrected chi connectivity index (χ0v) is 49.7. The Hall–Kier alpha value is -10.9. The highest BCUT2D eigenvalue weighted by Crippen LogP contribution is 2.36. The van der Waals surface area contributed by atoms with E-state index in [0.717, 1.165) is 28.2 Å². The van der Waals surface area contributed by atoms with E-state index in [4.69, 9.17) is 23.8 Å². The molecule has 19 nitrogen and oxygen atoms in total. The molecule has 7 aromatic carbocycles. The van der Waals surface area contributed by atoms with Gasteiger partial charge < -0.3 is 49.4 Å². The fourth-order valence-electron chi connectivity index (χ4n) is 8.91. The Balaban J connectivity index is 0.000000260. The lowest BCUT2D eigenvalue weighted by molar-refractivity contribution is -0.155. The van der Waals surface area contributed by atoms with E-state index in [-0.39, 0.29) is 63.8 Å². The minimum atomic E-state index is -4.68. The Morgan fingerprint density at radius 1 is 0.538 bits per heavy atom. The molecule has 8 rings (SSSR count). The van der Waals surface area contributed by atoms with Crippen LogP contribution in [0, 0.1) is 6.92 Å². The summed E-state index contributed by atoms with van der Waals surface area (Å²) < 4.78 is 102. The Labute approximate surface area is 517 Å². The summed E-state index contributed by atoms with van der Waals surface area (Å²) in [5.41, 5.74) is 1.41. The number of halogens is 6. The molecule has 8 aromatic rings. The van der Waals surface area contributed by atoms with Gasteiger partial charge in [0.1, 0.15) is 30.2 Å². The van der Waals surface area contributed by atoms with E-state index in [1.54, 1.807) is 45.0 Å². The van der Waals surface area contributed by atoms with Crippen molar-refractivity contribution in [3.63, 3.8) is 0 Å². The van der Waals surface area contributed by atoms with Crippen molar-refractivity contribution < 1.29 is 88.9 Å². The number of nitrogens with zero attached hydrogens (tertiary/aromatic N) is 4. The van der Waals surface area contributed by atoms with Crippen molar-refractivity contribution in [3.8, 4) is 34.3 Å². The molecule has 0 aliphatic heterocycles. The molecule has 0 saturated heterocycles. The summed E-state index contributed by atoms with van der Waals surface area (Å²) in [7, 11) is 2.49. The van der Waals surface area contributed by atoms with E-state index in [1.165, 1.54) is 116 Å². The second-order valence-electron chi connectivity index (χ2n) is 21.4. The molecule has 0 unspecified atom stereocenters. The molecule has 91 heavy (non-hydrogen) atoms. The van der Waals surface area contributed by atoms with E-state index in [0.29, 0.717) is 28.4 Å². The van der Waals surface area contributed by atoms with Gasteiger partial charge in [-0.2, -0.15) is 31.3 Å². The maximum absolute atomic E-state index is 13.5. The third-order valence-corrected chi connectivity index (χ3v) is 13.3. The predicted molar refractivity (Wildman–Crippen MR) is 320 cm³/mol. The van der Waals surface area contributed by atoms with Crippen LogP contribution in [0.3, 0.4) is 0 Å². The fraction of sp³-hybridized carbons (Fsp3) is 0.227. The van der Waals surface area contributed by atoms with Crippen LogP contribution in [0.5, 0.6) is 11.5 Å². The van der Waals surface area contributed by atoms with Crippen LogP contribution in [-0.4, -0.2) is 105 Å². The van der Waals surface area contributed by atoms with Crippen molar-refractivity contribution in [2.75, 3.05) is 37.9 Å². The van der Waals surface area contributed by atoms with E-state index in [2.05, 4.69) is 20.8 Å². The number of carboxylic acid groups (broad SMARTS) is 2. The minimum Gasteiger partial charge on any atom is -0.497 e. The number of amides is 4. The van der Waals surface area contributed by atoms with Gasteiger partial charge in [-0.1, -0.05) is 71.4 Å². The number of rotatable bonds is 21. The topological polar surface area (TPSA) is 257 Å². The molecule has 4 N–H and O–H groups in total. The van der Waals surface area contributed by atoms with Gasteiger partial charge in [0, 0.05) is 46.7 Å². The van der Waals surface area contributed by atoms with Crippen molar-refractivity contribution in [3.05, 3.63) is 213 Å². The third kappa shape index (κ3) is 19.6. The van der Waals surface area contributed by atoms with Crippen LogP contribution < -0.4 is 20.1 Å². The number of hydrogen-bond acceptors (Lipinski definition) is 13. The Morgan fingerprint density at radius 3 is 1.36 bits per heavy atom. The van der Waals surface area contributed by atoms with Crippen LogP contribution in [0.2, 0.25) is 0 Å². The summed E-state index contributed by atoms with van der Waals surface area (Å²) in [4.78, 5) is 94.1. The minimum absolute atomic E-state index is 0.00901. The van der Waals surface area contributed by atoms with Crippen LogP contribution >= 0.6 is 0 Å². The van der Waals surface area contributed by atoms with E-state index in [1.807, 2.05) is 31.2 Å². The first-order chi connectivity index (χ1) is 42.9. The monoisotopic (exact) mass is 1260 g/mol. The van der Waals surface area contributed by atoms with Gasteiger partial charge in [0.05, 0.1) is 43.8 Å². The molecule has 0 radical (unpaired) electrons. The average Bonchev–Trinajstić information content (AvgIpc) is 2.97. The molecule has 0 fully saturated rings. The molecule has 0 spiro atoms. The van der Waals surface area contributed by atoms with Gasteiger partial charge in [-0.25, -0.2) is 4.79 Å². The number of benzene rings is 7. The number of aliphatic carboxylic acids is 1. The summed E-state index contributed by atoms with van der Waals surface area (Å²) in [6.45, 7) is 6.02. The molecule has 0 atom stereocenters. The van der Waals surface area contributed by atoms with Crippen LogP contribution in [0.25, 0.3) is 22.8 Å². The van der Waals surface area contributed by atoms with Crippen molar-refractivity contribution in [2.45, 2.75) is 71.6 Å². The van der Waals surface area contributed by atoms with Crippen molar-refractivity contribution in [2.24, 2.45) is 0 Å². The molecule has 0 aliphatic rings. The molecule has 1 aromatic heterocycles. The number of methoxy groups -OCH3 is 2. The first-order valence-corrected chi connectivity index (χ1v) is 27.6. The Morgan fingerprint density at radius 2 is 0.956 bits per heavy atom. The van der Waals surface area contributed by atoms with Crippen LogP contribution in [0.15, 0.2) is 162 Å². The molecular formula is C66H60F6N6O13. The van der Waals surface area contributed by atoms with E-state index < -0.39 is 96.5 Å². The highest BCUT2D eigenvalue weighted by Gasteiger charge is 2.36. The molecule has 25 heteroatoms. The lowest BCUT2D eigenvalue weighted by Gasteiger charge is -2.25. The number of nitrogens with one attached hydrogen (secondary N) is 2. The lowest BCUT2D eigenvalue weighted by atomic mass is 10.0. The summed E-state index contributed by atoms with van der Waals surface area (Å²) in [6.07, 6.45) is -10.5. The molecule has 0 saturated carbocycles. The molecule has 0 bridgehead atoms. The number of hydrogen-bond donors (Lipinski definition) is 4. The molecule has 0 aliphatic carbocycles. The molecule has 474 valence electrons. The van der Waals surface area contributed by atoms with E-state index in [9.17, 15) is 65.0 Å². The maximum Gasteiger partial charge on any atom is 0.416 e. The predicted octanol–water partition coefficient (Wildman–Crippen LogP) is 12.2. The highest BCUT2D eigenvalue weighted by molar-refractivity contribution is 5.99. The summed E-state index contributed by atoms with van der Waals surface area (Å²) >= 11 is 0. The van der Waals surface area contributed by atoms with Crippen LogP contribution in [0.4, 0.5) is 37.7 Å². The van der Waals surface area contributed by atoms with Crippen LogP contribution in [0.1, 0.15) is 90.8 Å². The normalized spacial score (nSPS) is 11.3. The number of aromatic nitrogens is 2. The second kappa shape index (κ2) is 29.4. The molecule has 1 heterocycles. The number of aryl methyl sites for hydroxylation is 1. The average molecular weight is 1260 g/mol.